The van der Waals surface area contributed by atoms with Gasteiger partial charge in [0.2, 0.25) is 0 Å². The van der Waals surface area contributed by atoms with E-state index in [-0.39, 0.29) is 74.0 Å². The molecule has 0 aliphatic carbocycles. The molecule has 0 saturated heterocycles. The molecule has 0 rings (SSSR count). The monoisotopic (exact) mass is 186 g/mol. The van der Waals surface area contributed by atoms with Gasteiger partial charge in [0.05, 0.1) is 0 Å². The molecular weight excluding hydrogens is 174 g/mol. The van der Waals surface area contributed by atoms with Crippen LogP contribution in [0.25, 0.3) is 0 Å². The van der Waals surface area contributed by atoms with E-state index < -0.39 is 0 Å². The van der Waals surface area contributed by atoms with Crippen LogP contribution < -0.4 is 0 Å². The molecule has 0 radical (unpaired) electrons. The van der Waals surface area contributed by atoms with Crippen molar-refractivity contribution in [3.05, 3.63) is 0 Å². The predicted octanol–water partition coefficient (Wildman–Crippen LogP) is -3.82. The Balaban J connectivity index is 0. The number of rotatable bonds is 0. The fraction of sp³-hybridized carbons (Fsp3) is 0. The molecule has 24 valence electrons. The molecule has 0 bridgehead atoms. The van der Waals surface area contributed by atoms with Crippen molar-refractivity contribution in [1.29, 1.82) is 0 Å². The van der Waals surface area contributed by atoms with Gasteiger partial charge in [0, 0.05) is 21.7 Å². The third-order valence-corrected chi connectivity index (χ3v) is 0. The molecule has 0 atom stereocenters. The molecule has 0 aliphatic heterocycles. The van der Waals surface area contributed by atoms with Gasteiger partial charge in [-0.25, -0.2) is 0 Å². The molecule has 0 amide bonds. The second-order valence-electron chi connectivity index (χ2n) is 0. The van der Waals surface area contributed by atoms with Gasteiger partial charge in [0.15, 0.2) is 34.7 Å². The van der Waals surface area contributed by atoms with E-state index in [0.29, 0.717) is 0 Å². The van der Waals surface area contributed by atoms with Gasteiger partial charge >= 0.3 is 17.6 Å². The first-order valence-corrected chi connectivity index (χ1v) is 0. The summed E-state index contributed by atoms with van der Waals surface area (Å²) in [6, 6.07) is 0. The van der Waals surface area contributed by atoms with Crippen molar-refractivity contribution < 1.29 is 21.7 Å². The second kappa shape index (κ2) is 18.4. The van der Waals surface area contributed by atoms with Crippen LogP contribution in [0.1, 0.15) is 0 Å². The smallest absolute Gasteiger partial charge is 0 e. The Bertz CT molecular complexity index is 6.00. The van der Waals surface area contributed by atoms with Crippen LogP contribution in [0, 0.1) is 0 Å². The normalized spacial score (nSPS) is 0. The van der Waals surface area contributed by atoms with Gasteiger partial charge < -0.3 is 0 Å². The fourth-order valence-electron chi connectivity index (χ4n) is 0. The summed E-state index contributed by atoms with van der Waals surface area (Å²) in [5, 5.41) is 0. The summed E-state index contributed by atoms with van der Waals surface area (Å²) >= 11 is 0. The van der Waals surface area contributed by atoms with Gasteiger partial charge in [-0.3, -0.25) is 0 Å². The van der Waals surface area contributed by atoms with E-state index >= 15 is 0 Å². The number of hydrogen-bond donors (Lipinski definition) is 0. The van der Waals surface area contributed by atoms with E-state index in [2.05, 4.69) is 0 Å². The largest absolute Gasteiger partial charge is 0 e. The minimum absolute atomic E-state index is 0. The summed E-state index contributed by atoms with van der Waals surface area (Å²) in [7, 11) is 0. The van der Waals surface area contributed by atoms with E-state index in [1.807, 2.05) is 0 Å². The molecule has 0 aromatic heterocycles. The second-order valence-corrected chi connectivity index (χ2v) is 0. The maximum absolute atomic E-state index is 0. The molecule has 0 aromatic carbocycles. The molecule has 4 heteroatoms. The van der Waals surface area contributed by atoms with Gasteiger partial charge in [-0.15, -0.1) is 0 Å². The SMILES string of the molecule is [AlH3].[AlH3].[GeH4].[Ti]. The summed E-state index contributed by atoms with van der Waals surface area (Å²) in [6.45, 7) is 0. The van der Waals surface area contributed by atoms with Crippen molar-refractivity contribution >= 4 is 52.3 Å². The minimum atomic E-state index is 0. The Morgan fingerprint density at radius 1 is 0.750 bits per heavy atom. The quantitative estimate of drug-likeness (QED) is 0.339. The first kappa shape index (κ1) is 33.2. The third-order valence-electron chi connectivity index (χ3n) is 0. The van der Waals surface area contributed by atoms with E-state index in [1.165, 1.54) is 0 Å². The van der Waals surface area contributed by atoms with Crippen LogP contribution in [-0.2, 0) is 21.7 Å². The Morgan fingerprint density at radius 3 is 0.750 bits per heavy atom. The third kappa shape index (κ3) is 8.85. The molecule has 0 saturated carbocycles. The standard InChI is InChI=1S/2Al.GeH4.Ti.6H/h;;1H4;;;;;;;. The maximum Gasteiger partial charge on any atom is 0 e. The minimum Gasteiger partial charge on any atom is 0 e. The van der Waals surface area contributed by atoms with Crippen LogP contribution >= 0.6 is 0 Å². The predicted molar refractivity (Wildman–Crippen MR) is 31.2 cm³/mol. The Labute approximate surface area is 73.2 Å². The average molecular weight is 185 g/mol. The molecule has 4 heavy (non-hydrogen) atoms. The average Bonchev–Trinajstić information content (AvgIpc) is 0. The van der Waals surface area contributed by atoms with Crippen molar-refractivity contribution in [1.82, 2.24) is 0 Å². The zero-order valence-corrected chi connectivity index (χ0v) is 2.06. The molecule has 0 unspecified atom stereocenters. The van der Waals surface area contributed by atoms with Crippen molar-refractivity contribution in [2.75, 3.05) is 0 Å². The first-order valence-electron chi connectivity index (χ1n) is 0. The maximum atomic E-state index is 0. The van der Waals surface area contributed by atoms with E-state index in [9.17, 15) is 0 Å². The summed E-state index contributed by atoms with van der Waals surface area (Å²) in [5.41, 5.74) is 0. The zero-order chi connectivity index (χ0) is 0. The van der Waals surface area contributed by atoms with Crippen LogP contribution in [0.4, 0.5) is 0 Å². The van der Waals surface area contributed by atoms with Gasteiger partial charge in [-0.05, 0) is 0 Å². The molecule has 0 aliphatic rings. The van der Waals surface area contributed by atoms with Crippen LogP contribution in [0.15, 0.2) is 0 Å². The molecule has 0 nitrogen and oxygen atoms in total. The Kier molecular flexibility index (Phi) is 153. The van der Waals surface area contributed by atoms with Crippen molar-refractivity contribution in [3.63, 3.8) is 0 Å². The zero-order valence-electron chi connectivity index (χ0n) is 0.500. The van der Waals surface area contributed by atoms with Gasteiger partial charge in [-0.1, -0.05) is 0 Å². The van der Waals surface area contributed by atoms with Crippen LogP contribution in [0.2, 0.25) is 0 Å². The molecule has 0 N–H and O–H groups in total. The van der Waals surface area contributed by atoms with Crippen molar-refractivity contribution in [2.45, 2.75) is 0 Å². The summed E-state index contributed by atoms with van der Waals surface area (Å²) < 4.78 is 0. The fourth-order valence-corrected chi connectivity index (χ4v) is 0. The van der Waals surface area contributed by atoms with E-state index in [0.717, 1.165) is 0 Å². The Morgan fingerprint density at radius 2 is 0.750 bits per heavy atom. The van der Waals surface area contributed by atoms with Gasteiger partial charge in [0.25, 0.3) is 0 Å². The summed E-state index contributed by atoms with van der Waals surface area (Å²) in [6.07, 6.45) is 0. The molecule has 0 fully saturated rings. The van der Waals surface area contributed by atoms with Gasteiger partial charge in [-0.2, -0.15) is 0 Å². The van der Waals surface area contributed by atoms with Crippen LogP contribution in [-0.4, -0.2) is 52.3 Å². The van der Waals surface area contributed by atoms with Crippen LogP contribution in [0.3, 0.4) is 0 Å². The number of hydrogen-bond acceptors (Lipinski definition) is 0. The van der Waals surface area contributed by atoms with Crippen molar-refractivity contribution in [2.24, 2.45) is 0 Å². The van der Waals surface area contributed by atoms with Crippen molar-refractivity contribution in [3.8, 4) is 0 Å². The van der Waals surface area contributed by atoms with E-state index in [1.54, 1.807) is 0 Å². The molecule has 0 aromatic rings. The molecular formula is H10Al2GeTi. The first-order chi connectivity index (χ1) is 0. The molecule has 0 heterocycles. The Hall–Kier alpha value is 2.32. The molecule has 0 spiro atoms. The van der Waals surface area contributed by atoms with E-state index in [4.69, 9.17) is 0 Å². The van der Waals surface area contributed by atoms with Gasteiger partial charge in [0.1, 0.15) is 0 Å². The topological polar surface area (TPSA) is 0 Å². The summed E-state index contributed by atoms with van der Waals surface area (Å²) in [5.74, 6) is 0. The summed E-state index contributed by atoms with van der Waals surface area (Å²) in [4.78, 5) is 0. The van der Waals surface area contributed by atoms with Crippen LogP contribution in [0.5, 0.6) is 0 Å².